The second kappa shape index (κ2) is 10.1. The molecule has 1 aromatic heterocycles. The van der Waals surface area contributed by atoms with Gasteiger partial charge < -0.3 is 14.8 Å². The highest BCUT2D eigenvalue weighted by Gasteiger charge is 2.18. The van der Waals surface area contributed by atoms with Crippen molar-refractivity contribution in [3.05, 3.63) is 40.7 Å². The van der Waals surface area contributed by atoms with Gasteiger partial charge in [-0.1, -0.05) is 19.9 Å². The Morgan fingerprint density at radius 1 is 1.33 bits per heavy atom. The van der Waals surface area contributed by atoms with Crippen LogP contribution in [0.3, 0.4) is 0 Å². The Balaban J connectivity index is 1.60. The second-order valence-corrected chi connectivity index (χ2v) is 8.72. The lowest BCUT2D eigenvalue weighted by atomic mass is 10.1. The number of carbonyl (C=O) groups excluding carboxylic acids is 1. The van der Waals surface area contributed by atoms with Crippen LogP contribution in [-0.4, -0.2) is 35.0 Å². The highest BCUT2D eigenvalue weighted by atomic mass is 16.5. The molecule has 2 aromatic rings. The third-order valence-electron chi connectivity index (χ3n) is 5.53. The van der Waals surface area contributed by atoms with Gasteiger partial charge in [-0.05, 0) is 69.2 Å². The molecule has 1 atom stereocenters. The number of hydrogen-bond donors (Lipinski definition) is 1. The van der Waals surface area contributed by atoms with Crippen LogP contribution < -0.4 is 10.1 Å². The number of benzene rings is 1. The summed E-state index contributed by atoms with van der Waals surface area (Å²) >= 11 is 0. The molecule has 0 saturated carbocycles. The van der Waals surface area contributed by atoms with Crippen LogP contribution in [0.25, 0.3) is 0 Å². The average Bonchev–Trinajstić information content (AvgIpc) is 3.29. The quantitative estimate of drug-likeness (QED) is 0.653. The van der Waals surface area contributed by atoms with Crippen molar-refractivity contribution < 1.29 is 14.3 Å². The van der Waals surface area contributed by atoms with Crippen molar-refractivity contribution in [1.82, 2.24) is 9.78 Å². The summed E-state index contributed by atoms with van der Waals surface area (Å²) < 4.78 is 13.7. The standard InChI is InChI=1S/C24H35N3O3/c1-16(2)14-27-19(5)21(18(4)26-27)9-11-24(28)25-22-10-8-17(3)13-23(22)30-15-20-7-6-12-29-20/h8,10,13,16,20H,6-7,9,11-12,14-15H2,1-5H3,(H,25,28). The smallest absolute Gasteiger partial charge is 0.224 e. The molecule has 1 N–H and O–H groups in total. The van der Waals surface area contributed by atoms with Gasteiger partial charge in [0.15, 0.2) is 0 Å². The number of aromatic nitrogens is 2. The Bertz CT molecular complexity index is 867. The Kier molecular flexibility index (Phi) is 7.53. The number of hydrogen-bond acceptors (Lipinski definition) is 4. The number of rotatable bonds is 9. The predicted octanol–water partition coefficient (Wildman–Crippen LogP) is 4.59. The van der Waals surface area contributed by atoms with E-state index in [-0.39, 0.29) is 12.0 Å². The van der Waals surface area contributed by atoms with Crippen molar-refractivity contribution in [2.45, 2.75) is 73.0 Å². The average molecular weight is 414 g/mol. The van der Waals surface area contributed by atoms with Crippen LogP contribution >= 0.6 is 0 Å². The monoisotopic (exact) mass is 413 g/mol. The van der Waals surface area contributed by atoms with Crippen LogP contribution in [0.1, 0.15) is 55.6 Å². The Morgan fingerprint density at radius 3 is 2.83 bits per heavy atom. The first-order valence-corrected chi connectivity index (χ1v) is 11.0. The van der Waals surface area contributed by atoms with Gasteiger partial charge in [0.1, 0.15) is 12.4 Å². The van der Waals surface area contributed by atoms with E-state index in [1.54, 1.807) is 0 Å². The van der Waals surface area contributed by atoms with E-state index < -0.39 is 0 Å². The van der Waals surface area contributed by atoms with E-state index in [0.29, 0.717) is 36.8 Å². The normalized spacial score (nSPS) is 16.3. The first-order valence-electron chi connectivity index (χ1n) is 11.0. The van der Waals surface area contributed by atoms with Crippen molar-refractivity contribution in [2.75, 3.05) is 18.5 Å². The topological polar surface area (TPSA) is 65.4 Å². The first kappa shape index (κ1) is 22.3. The molecule has 0 radical (unpaired) electrons. The predicted molar refractivity (Wildman–Crippen MR) is 119 cm³/mol. The number of carbonyl (C=O) groups is 1. The van der Waals surface area contributed by atoms with Gasteiger partial charge in [-0.2, -0.15) is 5.10 Å². The van der Waals surface area contributed by atoms with Crippen molar-refractivity contribution in [3.8, 4) is 5.75 Å². The molecule has 1 unspecified atom stereocenters. The molecular formula is C24H35N3O3. The maximum absolute atomic E-state index is 12.7. The fraction of sp³-hybridized carbons (Fsp3) is 0.583. The minimum atomic E-state index is -0.0174. The van der Waals surface area contributed by atoms with Gasteiger partial charge in [0, 0.05) is 25.3 Å². The minimum Gasteiger partial charge on any atom is -0.489 e. The summed E-state index contributed by atoms with van der Waals surface area (Å²) in [5.74, 6) is 1.22. The maximum Gasteiger partial charge on any atom is 0.224 e. The van der Waals surface area contributed by atoms with E-state index in [0.717, 1.165) is 42.9 Å². The van der Waals surface area contributed by atoms with Gasteiger partial charge in [0.25, 0.3) is 0 Å². The van der Waals surface area contributed by atoms with E-state index in [2.05, 4.69) is 35.9 Å². The summed E-state index contributed by atoms with van der Waals surface area (Å²) in [6.45, 7) is 12.7. The Hall–Kier alpha value is -2.34. The molecule has 30 heavy (non-hydrogen) atoms. The van der Waals surface area contributed by atoms with Crippen molar-refractivity contribution in [3.63, 3.8) is 0 Å². The third kappa shape index (κ3) is 5.85. The minimum absolute atomic E-state index is 0.0174. The largest absolute Gasteiger partial charge is 0.489 e. The van der Waals surface area contributed by atoms with E-state index in [1.807, 2.05) is 32.0 Å². The molecule has 6 heteroatoms. The number of anilines is 1. The number of aryl methyl sites for hydroxylation is 2. The molecule has 1 fully saturated rings. The van der Waals surface area contributed by atoms with Crippen LogP contribution in [0, 0.1) is 26.7 Å². The number of nitrogens with zero attached hydrogens (tertiary/aromatic N) is 2. The molecule has 0 bridgehead atoms. The third-order valence-corrected chi connectivity index (χ3v) is 5.53. The molecule has 0 spiro atoms. The van der Waals surface area contributed by atoms with Crippen molar-refractivity contribution >= 4 is 11.6 Å². The van der Waals surface area contributed by atoms with Crippen LogP contribution in [0.4, 0.5) is 5.69 Å². The van der Waals surface area contributed by atoms with Gasteiger partial charge in [-0.25, -0.2) is 0 Å². The number of nitrogens with one attached hydrogen (secondary N) is 1. The highest BCUT2D eigenvalue weighted by Crippen LogP contribution is 2.27. The SMILES string of the molecule is Cc1ccc(NC(=O)CCc2c(C)nn(CC(C)C)c2C)c(OCC2CCCO2)c1. The van der Waals surface area contributed by atoms with Crippen LogP contribution in [0.2, 0.25) is 0 Å². The lowest BCUT2D eigenvalue weighted by Crippen LogP contribution is -2.18. The summed E-state index contributed by atoms with van der Waals surface area (Å²) in [6, 6.07) is 5.86. The van der Waals surface area contributed by atoms with E-state index >= 15 is 0 Å². The number of ether oxygens (including phenoxy) is 2. The molecule has 3 rings (SSSR count). The molecule has 1 saturated heterocycles. The zero-order valence-electron chi connectivity index (χ0n) is 19.0. The van der Waals surface area contributed by atoms with Gasteiger partial charge in [-0.3, -0.25) is 9.48 Å². The van der Waals surface area contributed by atoms with E-state index in [4.69, 9.17) is 9.47 Å². The summed E-state index contributed by atoms with van der Waals surface area (Å²) in [7, 11) is 0. The summed E-state index contributed by atoms with van der Waals surface area (Å²) in [5.41, 5.74) is 5.15. The van der Waals surface area contributed by atoms with E-state index in [9.17, 15) is 4.79 Å². The summed E-state index contributed by atoms with van der Waals surface area (Å²) in [6.07, 6.45) is 3.34. The Labute approximate surface area is 180 Å². The van der Waals surface area contributed by atoms with Crippen molar-refractivity contribution in [2.24, 2.45) is 5.92 Å². The molecule has 0 aliphatic carbocycles. The second-order valence-electron chi connectivity index (χ2n) is 8.72. The van der Waals surface area contributed by atoms with Crippen molar-refractivity contribution in [1.29, 1.82) is 0 Å². The molecule has 6 nitrogen and oxygen atoms in total. The zero-order valence-corrected chi connectivity index (χ0v) is 19.0. The van der Waals surface area contributed by atoms with Crippen LogP contribution in [0.15, 0.2) is 18.2 Å². The zero-order chi connectivity index (χ0) is 21.7. The number of amides is 1. The molecule has 1 aliphatic rings. The molecule has 1 amide bonds. The first-order chi connectivity index (χ1) is 14.3. The molecular weight excluding hydrogens is 378 g/mol. The van der Waals surface area contributed by atoms with Gasteiger partial charge in [0.2, 0.25) is 5.91 Å². The van der Waals surface area contributed by atoms with Crippen LogP contribution in [-0.2, 0) is 22.5 Å². The maximum atomic E-state index is 12.7. The molecule has 1 aliphatic heterocycles. The molecule has 164 valence electrons. The molecule has 1 aromatic carbocycles. The lowest BCUT2D eigenvalue weighted by Gasteiger charge is -2.16. The Morgan fingerprint density at radius 2 is 2.13 bits per heavy atom. The summed E-state index contributed by atoms with van der Waals surface area (Å²) in [4.78, 5) is 12.7. The highest BCUT2D eigenvalue weighted by molar-refractivity contribution is 5.92. The van der Waals surface area contributed by atoms with E-state index in [1.165, 1.54) is 5.56 Å². The fourth-order valence-electron chi connectivity index (χ4n) is 3.88. The summed E-state index contributed by atoms with van der Waals surface area (Å²) in [5, 5.41) is 7.68. The van der Waals surface area contributed by atoms with Gasteiger partial charge in [0.05, 0.1) is 17.5 Å². The lowest BCUT2D eigenvalue weighted by molar-refractivity contribution is -0.116. The van der Waals surface area contributed by atoms with Gasteiger partial charge >= 0.3 is 0 Å². The van der Waals surface area contributed by atoms with Crippen LogP contribution in [0.5, 0.6) is 5.75 Å². The van der Waals surface area contributed by atoms with Gasteiger partial charge in [-0.15, -0.1) is 0 Å². The molecule has 2 heterocycles. The fourth-order valence-corrected chi connectivity index (χ4v) is 3.88.